The Bertz CT molecular complexity index is 323. The molecular weight excluding hydrogens is 248 g/mol. The van der Waals surface area contributed by atoms with Crippen LogP contribution in [0.5, 0.6) is 0 Å². The van der Waals surface area contributed by atoms with Crippen molar-refractivity contribution in [1.82, 2.24) is 10.2 Å². The van der Waals surface area contributed by atoms with E-state index in [0.29, 0.717) is 17.6 Å². The molecule has 0 radical (unpaired) electrons. The molecule has 3 unspecified atom stereocenters. The predicted octanol–water partition coefficient (Wildman–Crippen LogP) is 2.51. The van der Waals surface area contributed by atoms with Crippen molar-refractivity contribution in [3.63, 3.8) is 0 Å². The highest BCUT2D eigenvalue weighted by Crippen LogP contribution is 2.51. The molecule has 3 rings (SSSR count). The molecule has 3 nitrogen and oxygen atoms in total. The van der Waals surface area contributed by atoms with E-state index in [4.69, 9.17) is 4.74 Å². The fourth-order valence-electron chi connectivity index (χ4n) is 4.74. The van der Waals surface area contributed by atoms with Crippen LogP contribution in [0.4, 0.5) is 0 Å². The zero-order chi connectivity index (χ0) is 14.2. The van der Waals surface area contributed by atoms with Gasteiger partial charge in [-0.05, 0) is 57.8 Å². The molecular formula is C17H32N2O. The molecule has 0 aromatic heterocycles. The van der Waals surface area contributed by atoms with Crippen LogP contribution < -0.4 is 5.32 Å². The van der Waals surface area contributed by atoms with Crippen LogP contribution in [0.2, 0.25) is 0 Å². The minimum atomic E-state index is 0.329. The van der Waals surface area contributed by atoms with Crippen molar-refractivity contribution in [2.75, 3.05) is 32.8 Å². The van der Waals surface area contributed by atoms with Gasteiger partial charge in [-0.1, -0.05) is 20.8 Å². The summed E-state index contributed by atoms with van der Waals surface area (Å²) in [5.41, 5.74) is 0.329. The quantitative estimate of drug-likeness (QED) is 0.856. The summed E-state index contributed by atoms with van der Waals surface area (Å²) in [5.74, 6) is 1.66. The van der Waals surface area contributed by atoms with Gasteiger partial charge < -0.3 is 15.0 Å². The summed E-state index contributed by atoms with van der Waals surface area (Å²) in [6.07, 6.45) is 5.87. The van der Waals surface area contributed by atoms with E-state index < -0.39 is 0 Å². The fourth-order valence-corrected chi connectivity index (χ4v) is 4.74. The summed E-state index contributed by atoms with van der Waals surface area (Å²) in [6, 6.07) is 0.678. The summed E-state index contributed by atoms with van der Waals surface area (Å²) >= 11 is 0. The molecule has 1 N–H and O–H groups in total. The molecule has 116 valence electrons. The Morgan fingerprint density at radius 2 is 1.95 bits per heavy atom. The third kappa shape index (κ3) is 2.65. The van der Waals surface area contributed by atoms with Crippen LogP contribution in [0.15, 0.2) is 0 Å². The first-order chi connectivity index (χ1) is 9.63. The maximum atomic E-state index is 6.00. The number of hydrogen-bond donors (Lipinski definition) is 1. The standard InChI is InChI=1S/C17H32N2O/c1-4-19-9-7-13(8-10-19)12-18-15-14-6-5-11-20-16(14)17(15,2)3/h13-16,18H,4-12H2,1-3H3. The predicted molar refractivity (Wildman–Crippen MR) is 82.9 cm³/mol. The van der Waals surface area contributed by atoms with E-state index in [1.165, 1.54) is 51.9 Å². The highest BCUT2D eigenvalue weighted by molar-refractivity contribution is 5.10. The molecule has 1 aliphatic carbocycles. The first-order valence-electron chi connectivity index (χ1n) is 8.70. The molecule has 0 aromatic carbocycles. The van der Waals surface area contributed by atoms with Gasteiger partial charge in [-0.2, -0.15) is 0 Å². The first kappa shape index (κ1) is 14.8. The summed E-state index contributed by atoms with van der Waals surface area (Å²) in [5, 5.41) is 3.91. The number of piperidine rings is 1. The molecule has 2 aliphatic heterocycles. The highest BCUT2D eigenvalue weighted by Gasteiger charge is 2.57. The highest BCUT2D eigenvalue weighted by atomic mass is 16.5. The van der Waals surface area contributed by atoms with Gasteiger partial charge in [-0.15, -0.1) is 0 Å². The second-order valence-corrected chi connectivity index (χ2v) is 7.68. The van der Waals surface area contributed by atoms with E-state index in [1.54, 1.807) is 0 Å². The van der Waals surface area contributed by atoms with E-state index in [0.717, 1.165) is 18.4 Å². The molecule has 3 heteroatoms. The van der Waals surface area contributed by atoms with Gasteiger partial charge in [0.1, 0.15) is 0 Å². The van der Waals surface area contributed by atoms with Crippen molar-refractivity contribution in [3.8, 4) is 0 Å². The minimum absolute atomic E-state index is 0.329. The zero-order valence-electron chi connectivity index (χ0n) is 13.5. The second-order valence-electron chi connectivity index (χ2n) is 7.68. The van der Waals surface area contributed by atoms with Gasteiger partial charge in [0.25, 0.3) is 0 Å². The summed E-state index contributed by atoms with van der Waals surface area (Å²) in [6.45, 7) is 13.1. The molecule has 20 heavy (non-hydrogen) atoms. The third-order valence-corrected chi connectivity index (χ3v) is 6.11. The average Bonchev–Trinajstić information content (AvgIpc) is 2.48. The zero-order valence-corrected chi connectivity index (χ0v) is 13.5. The number of nitrogens with one attached hydrogen (secondary N) is 1. The average molecular weight is 280 g/mol. The van der Waals surface area contributed by atoms with Crippen LogP contribution in [0.25, 0.3) is 0 Å². The molecule has 0 amide bonds. The van der Waals surface area contributed by atoms with Crippen LogP contribution in [0, 0.1) is 17.3 Å². The minimum Gasteiger partial charge on any atom is -0.377 e. The maximum Gasteiger partial charge on any atom is 0.0684 e. The topological polar surface area (TPSA) is 24.5 Å². The largest absolute Gasteiger partial charge is 0.377 e. The molecule has 2 heterocycles. The lowest BCUT2D eigenvalue weighted by Crippen LogP contribution is -2.69. The van der Waals surface area contributed by atoms with Gasteiger partial charge in [0.15, 0.2) is 0 Å². The van der Waals surface area contributed by atoms with Crippen LogP contribution >= 0.6 is 0 Å². The normalized spacial score (nSPS) is 38.2. The summed E-state index contributed by atoms with van der Waals surface area (Å²) in [7, 11) is 0. The van der Waals surface area contributed by atoms with Gasteiger partial charge in [0.2, 0.25) is 0 Å². The van der Waals surface area contributed by atoms with E-state index in [-0.39, 0.29) is 0 Å². The number of likely N-dealkylation sites (tertiary alicyclic amines) is 1. The molecule has 1 saturated carbocycles. The third-order valence-electron chi connectivity index (χ3n) is 6.11. The Morgan fingerprint density at radius 1 is 1.20 bits per heavy atom. The number of ether oxygens (including phenoxy) is 1. The van der Waals surface area contributed by atoms with Crippen molar-refractivity contribution in [1.29, 1.82) is 0 Å². The Morgan fingerprint density at radius 3 is 2.65 bits per heavy atom. The molecule has 0 aromatic rings. The van der Waals surface area contributed by atoms with Crippen molar-refractivity contribution in [2.24, 2.45) is 17.3 Å². The van der Waals surface area contributed by atoms with Crippen molar-refractivity contribution < 1.29 is 4.74 Å². The molecule has 2 saturated heterocycles. The lowest BCUT2D eigenvalue weighted by molar-refractivity contribution is -0.193. The monoisotopic (exact) mass is 280 g/mol. The summed E-state index contributed by atoms with van der Waals surface area (Å²) < 4.78 is 6.00. The van der Waals surface area contributed by atoms with Gasteiger partial charge in [0.05, 0.1) is 6.10 Å². The van der Waals surface area contributed by atoms with Gasteiger partial charge in [-0.25, -0.2) is 0 Å². The SMILES string of the molecule is CCN1CCC(CNC2C3CCCOC3C2(C)C)CC1. The Hall–Kier alpha value is -0.120. The van der Waals surface area contributed by atoms with Gasteiger partial charge in [-0.3, -0.25) is 0 Å². The second kappa shape index (κ2) is 5.94. The van der Waals surface area contributed by atoms with Gasteiger partial charge in [0, 0.05) is 24.0 Å². The Labute approximate surface area is 124 Å². The van der Waals surface area contributed by atoms with Crippen LogP contribution in [-0.4, -0.2) is 49.8 Å². The lowest BCUT2D eigenvalue weighted by atomic mass is 9.55. The van der Waals surface area contributed by atoms with Crippen LogP contribution in [-0.2, 0) is 4.74 Å². The maximum absolute atomic E-state index is 6.00. The molecule has 0 bridgehead atoms. The van der Waals surface area contributed by atoms with Crippen LogP contribution in [0.3, 0.4) is 0 Å². The van der Waals surface area contributed by atoms with E-state index >= 15 is 0 Å². The molecule has 3 aliphatic rings. The summed E-state index contributed by atoms with van der Waals surface area (Å²) in [4.78, 5) is 2.58. The lowest BCUT2D eigenvalue weighted by Gasteiger charge is -2.60. The number of fused-ring (bicyclic) bond motifs is 1. The van der Waals surface area contributed by atoms with E-state index in [1.807, 2.05) is 0 Å². The first-order valence-corrected chi connectivity index (χ1v) is 8.70. The van der Waals surface area contributed by atoms with Crippen molar-refractivity contribution >= 4 is 0 Å². The Kier molecular flexibility index (Phi) is 4.40. The number of rotatable bonds is 4. The van der Waals surface area contributed by atoms with Crippen molar-refractivity contribution in [2.45, 2.75) is 58.6 Å². The smallest absolute Gasteiger partial charge is 0.0684 e. The molecule has 3 atom stereocenters. The van der Waals surface area contributed by atoms with E-state index in [9.17, 15) is 0 Å². The fraction of sp³-hybridized carbons (Fsp3) is 1.00. The van der Waals surface area contributed by atoms with Gasteiger partial charge >= 0.3 is 0 Å². The molecule has 3 fully saturated rings. The van der Waals surface area contributed by atoms with E-state index in [2.05, 4.69) is 31.0 Å². The molecule has 0 spiro atoms. The van der Waals surface area contributed by atoms with Crippen LogP contribution in [0.1, 0.15) is 46.5 Å². The Balaban J connectivity index is 1.46. The number of hydrogen-bond acceptors (Lipinski definition) is 3. The number of nitrogens with zero attached hydrogens (tertiary/aromatic N) is 1. The van der Waals surface area contributed by atoms with Crippen molar-refractivity contribution in [3.05, 3.63) is 0 Å².